The normalized spacial score (nSPS) is 19.3. The molecule has 1 aromatic carbocycles. The van der Waals surface area contributed by atoms with Crippen molar-refractivity contribution in [2.24, 2.45) is 10.4 Å². The van der Waals surface area contributed by atoms with Gasteiger partial charge in [-0.1, -0.05) is 12.1 Å². The molecule has 3 N–H and O–H groups in total. The van der Waals surface area contributed by atoms with Crippen molar-refractivity contribution in [3.8, 4) is 5.69 Å². The maximum absolute atomic E-state index is 9.33. The van der Waals surface area contributed by atoms with Gasteiger partial charge in [0.25, 0.3) is 0 Å². The van der Waals surface area contributed by atoms with Gasteiger partial charge in [-0.25, -0.2) is 4.68 Å². The molecule has 28 heavy (non-hydrogen) atoms. The lowest BCUT2D eigenvalue weighted by Gasteiger charge is -2.27. The number of guanidine groups is 1. The number of benzene rings is 1. The van der Waals surface area contributed by atoms with Crippen LogP contribution in [-0.4, -0.2) is 60.8 Å². The topological polar surface area (TPSA) is 83.7 Å². The number of aliphatic hydroxyl groups is 1. The summed E-state index contributed by atoms with van der Waals surface area (Å²) >= 11 is 0. The maximum atomic E-state index is 9.33. The highest BCUT2D eigenvalue weighted by Crippen LogP contribution is 2.31. The lowest BCUT2D eigenvalue weighted by molar-refractivity contribution is 0.127. The summed E-state index contributed by atoms with van der Waals surface area (Å²) in [6, 6.07) is 10.3. The number of hydrogen-bond donors (Lipinski definition) is 3. The number of halogens is 1. The molecule has 1 atom stereocenters. The summed E-state index contributed by atoms with van der Waals surface area (Å²) in [5.74, 6) is 0.785. The fourth-order valence-electron chi connectivity index (χ4n) is 3.37. The minimum absolute atomic E-state index is 0. The first kappa shape index (κ1) is 22.6. The Morgan fingerprint density at radius 1 is 1.32 bits per heavy atom. The van der Waals surface area contributed by atoms with Crippen molar-refractivity contribution in [3.63, 3.8) is 0 Å². The zero-order chi connectivity index (χ0) is 19.0. The molecule has 1 fully saturated rings. The molecule has 1 aromatic heterocycles. The zero-order valence-electron chi connectivity index (χ0n) is 16.3. The third-order valence-corrected chi connectivity index (χ3v) is 5.09. The van der Waals surface area contributed by atoms with Gasteiger partial charge >= 0.3 is 0 Å². The second kappa shape index (κ2) is 11.4. The Morgan fingerprint density at radius 3 is 2.75 bits per heavy atom. The largest absolute Gasteiger partial charge is 0.396 e. The third kappa shape index (κ3) is 6.18. The summed E-state index contributed by atoms with van der Waals surface area (Å²) in [6.45, 7) is 3.20. The lowest BCUT2D eigenvalue weighted by atomic mass is 9.84. The second-order valence-corrected chi connectivity index (χ2v) is 7.00. The summed E-state index contributed by atoms with van der Waals surface area (Å²) in [5, 5.41) is 20.3. The lowest BCUT2D eigenvalue weighted by Crippen LogP contribution is -2.45. The van der Waals surface area contributed by atoms with Crippen LogP contribution in [0.4, 0.5) is 0 Å². The van der Waals surface area contributed by atoms with Gasteiger partial charge in [0, 0.05) is 51.2 Å². The predicted molar refractivity (Wildman–Crippen MR) is 122 cm³/mol. The van der Waals surface area contributed by atoms with E-state index in [1.807, 2.05) is 16.9 Å². The third-order valence-electron chi connectivity index (χ3n) is 5.09. The van der Waals surface area contributed by atoms with Gasteiger partial charge in [0.05, 0.1) is 12.3 Å². The van der Waals surface area contributed by atoms with E-state index in [0.717, 1.165) is 50.6 Å². The summed E-state index contributed by atoms with van der Waals surface area (Å²) in [5.41, 5.74) is 2.33. The van der Waals surface area contributed by atoms with Gasteiger partial charge in [-0.2, -0.15) is 5.10 Å². The predicted octanol–water partition coefficient (Wildman–Crippen LogP) is 1.99. The molecular formula is C20H30IN5O2. The van der Waals surface area contributed by atoms with Crippen LogP contribution in [0.1, 0.15) is 18.4 Å². The molecule has 1 saturated heterocycles. The molecule has 7 nitrogen and oxygen atoms in total. The molecule has 154 valence electrons. The van der Waals surface area contributed by atoms with Crippen LogP contribution in [0.5, 0.6) is 0 Å². The van der Waals surface area contributed by atoms with Gasteiger partial charge < -0.3 is 20.5 Å². The number of nitrogens with zero attached hydrogens (tertiary/aromatic N) is 3. The standard InChI is InChI=1S/C20H29N5O2.HI/c1-21-19(23-15-20(8-13-26)9-14-27-16-20)22-11-7-17-3-5-18(6-4-17)25-12-2-10-24-25;/h2-6,10,12,26H,7-9,11,13-16H2,1H3,(H2,21,22,23);1H. The average molecular weight is 499 g/mol. The first-order valence-corrected chi connectivity index (χ1v) is 9.47. The van der Waals surface area contributed by atoms with E-state index in [9.17, 15) is 5.11 Å². The molecule has 0 radical (unpaired) electrons. The molecule has 0 spiro atoms. The monoisotopic (exact) mass is 499 g/mol. The fourth-order valence-corrected chi connectivity index (χ4v) is 3.37. The summed E-state index contributed by atoms with van der Waals surface area (Å²) in [7, 11) is 1.78. The van der Waals surface area contributed by atoms with E-state index < -0.39 is 0 Å². The highest BCUT2D eigenvalue weighted by molar-refractivity contribution is 14.0. The molecule has 0 amide bonds. The quantitative estimate of drug-likeness (QED) is 0.294. The minimum Gasteiger partial charge on any atom is -0.396 e. The Balaban J connectivity index is 0.00000280. The average Bonchev–Trinajstić information content (AvgIpc) is 3.38. The maximum Gasteiger partial charge on any atom is 0.191 e. The highest BCUT2D eigenvalue weighted by atomic mass is 127. The molecule has 8 heteroatoms. The van der Waals surface area contributed by atoms with Crippen LogP contribution in [-0.2, 0) is 11.2 Å². The molecule has 0 bridgehead atoms. The van der Waals surface area contributed by atoms with Crippen LogP contribution in [0.2, 0.25) is 0 Å². The van der Waals surface area contributed by atoms with Crippen LogP contribution >= 0.6 is 24.0 Å². The molecule has 3 rings (SSSR count). The zero-order valence-corrected chi connectivity index (χ0v) is 18.6. The summed E-state index contributed by atoms with van der Waals surface area (Å²) < 4.78 is 7.39. The van der Waals surface area contributed by atoms with Crippen molar-refractivity contribution in [2.45, 2.75) is 19.3 Å². The Labute approximate surface area is 183 Å². The van der Waals surface area contributed by atoms with Gasteiger partial charge in [0.1, 0.15) is 0 Å². The van der Waals surface area contributed by atoms with E-state index in [2.05, 4.69) is 45.0 Å². The van der Waals surface area contributed by atoms with E-state index in [0.29, 0.717) is 6.61 Å². The van der Waals surface area contributed by atoms with Crippen molar-refractivity contribution in [1.82, 2.24) is 20.4 Å². The van der Waals surface area contributed by atoms with Gasteiger partial charge in [-0.05, 0) is 43.0 Å². The number of rotatable bonds is 8. The van der Waals surface area contributed by atoms with E-state index in [1.165, 1.54) is 5.56 Å². The Bertz CT molecular complexity index is 713. The molecule has 1 unspecified atom stereocenters. The van der Waals surface area contributed by atoms with Crippen LogP contribution < -0.4 is 10.6 Å². The van der Waals surface area contributed by atoms with Crippen molar-refractivity contribution in [2.75, 3.05) is 40.0 Å². The number of aromatic nitrogens is 2. The SMILES string of the molecule is CN=C(NCCc1ccc(-n2cccn2)cc1)NCC1(CCO)CCOC1.I. The molecule has 1 aliphatic heterocycles. The van der Waals surface area contributed by atoms with E-state index in [1.54, 1.807) is 13.2 Å². The number of ether oxygens (including phenoxy) is 1. The number of nitrogens with one attached hydrogen (secondary N) is 2. The fraction of sp³-hybridized carbons (Fsp3) is 0.500. The second-order valence-electron chi connectivity index (χ2n) is 7.00. The van der Waals surface area contributed by atoms with Crippen molar-refractivity contribution < 1.29 is 9.84 Å². The van der Waals surface area contributed by atoms with Crippen molar-refractivity contribution >= 4 is 29.9 Å². The van der Waals surface area contributed by atoms with Crippen LogP contribution in [0.15, 0.2) is 47.7 Å². The number of hydrogen-bond acceptors (Lipinski definition) is 4. The highest BCUT2D eigenvalue weighted by Gasteiger charge is 2.34. The van der Waals surface area contributed by atoms with Gasteiger partial charge in [-0.15, -0.1) is 24.0 Å². The molecule has 0 saturated carbocycles. The number of aliphatic imine (C=N–C) groups is 1. The molecule has 1 aliphatic rings. The van der Waals surface area contributed by atoms with Gasteiger partial charge in [-0.3, -0.25) is 4.99 Å². The van der Waals surface area contributed by atoms with Crippen molar-refractivity contribution in [1.29, 1.82) is 0 Å². The van der Waals surface area contributed by atoms with E-state index in [4.69, 9.17) is 4.74 Å². The molecule has 2 heterocycles. The summed E-state index contributed by atoms with van der Waals surface area (Å²) in [6.07, 6.45) is 6.34. The smallest absolute Gasteiger partial charge is 0.191 e. The Morgan fingerprint density at radius 2 is 2.14 bits per heavy atom. The van der Waals surface area contributed by atoms with Crippen LogP contribution in [0.25, 0.3) is 5.69 Å². The molecule has 2 aromatic rings. The minimum atomic E-state index is 0. The molecule has 0 aliphatic carbocycles. The Kier molecular flexibility index (Phi) is 9.20. The first-order chi connectivity index (χ1) is 13.2. The molecular weight excluding hydrogens is 469 g/mol. The van der Waals surface area contributed by atoms with Crippen LogP contribution in [0.3, 0.4) is 0 Å². The number of aliphatic hydroxyl groups excluding tert-OH is 1. The first-order valence-electron chi connectivity index (χ1n) is 9.47. The van der Waals surface area contributed by atoms with Gasteiger partial charge in [0.15, 0.2) is 5.96 Å². The van der Waals surface area contributed by atoms with E-state index in [-0.39, 0.29) is 36.0 Å². The Hall–Kier alpha value is -1.65. The van der Waals surface area contributed by atoms with Crippen molar-refractivity contribution in [3.05, 3.63) is 48.3 Å². The van der Waals surface area contributed by atoms with Crippen LogP contribution in [0, 0.1) is 5.41 Å². The van der Waals surface area contributed by atoms with Gasteiger partial charge in [0.2, 0.25) is 0 Å². The summed E-state index contributed by atoms with van der Waals surface area (Å²) in [4.78, 5) is 4.30. The van der Waals surface area contributed by atoms with E-state index >= 15 is 0 Å².